The SMILES string of the molecule is N#Cc1ccc(-c2cc(-c3nc(-c4ccccc4)nc(-c4ccccc4)n3)cc(-c3ccc(C#N)cc3)c2-n2c3ccc(-c4nc(-c5ccccc5)nc(-c5ccccc5)n4)cc3c3cc(-c4nc(-c5ccccc5)nc(-c5ccccc5)n4)ccc32)cc1. The number of fused-ring (bicyclic) bond motifs is 3. The van der Waals surface area contributed by atoms with E-state index in [9.17, 15) is 10.5 Å². The van der Waals surface area contributed by atoms with Gasteiger partial charge in [-0.3, -0.25) is 0 Å². The summed E-state index contributed by atoms with van der Waals surface area (Å²) in [6, 6.07) is 96.6. The minimum atomic E-state index is 0.453. The molecule has 4 aromatic heterocycles. The molecule has 0 saturated heterocycles. The summed E-state index contributed by atoms with van der Waals surface area (Å²) in [4.78, 5) is 46.4. The number of hydrogen-bond donors (Lipinski definition) is 0. The van der Waals surface area contributed by atoms with Crippen molar-refractivity contribution in [3.05, 3.63) is 290 Å². The zero-order valence-corrected chi connectivity index (χ0v) is 47.4. The van der Waals surface area contributed by atoms with Crippen LogP contribution in [-0.4, -0.2) is 49.4 Å². The average molecular weight is 1140 g/mol. The van der Waals surface area contributed by atoms with Crippen LogP contribution in [0, 0.1) is 22.7 Å². The van der Waals surface area contributed by atoms with Crippen LogP contribution >= 0.6 is 0 Å². The van der Waals surface area contributed by atoms with Gasteiger partial charge in [-0.2, -0.15) is 10.5 Å². The van der Waals surface area contributed by atoms with E-state index in [2.05, 4.69) is 65.2 Å². The Kier molecular flexibility index (Phi) is 13.7. The highest BCUT2D eigenvalue weighted by Crippen LogP contribution is 2.45. The van der Waals surface area contributed by atoms with Crippen molar-refractivity contribution in [1.29, 1.82) is 10.5 Å². The number of nitriles is 2. The zero-order chi connectivity index (χ0) is 59.6. The lowest BCUT2D eigenvalue weighted by Gasteiger charge is -2.21. The van der Waals surface area contributed by atoms with E-state index in [-0.39, 0.29) is 0 Å². The van der Waals surface area contributed by atoms with Gasteiger partial charge in [0.2, 0.25) is 0 Å². The molecule has 0 aliphatic rings. The number of hydrogen-bond acceptors (Lipinski definition) is 11. The second-order valence-electron chi connectivity index (χ2n) is 21.2. The van der Waals surface area contributed by atoms with Crippen LogP contribution in [0.5, 0.6) is 0 Å². The predicted molar refractivity (Wildman–Crippen MR) is 350 cm³/mol. The standard InChI is InChI=1S/C77H46N12/c78-47-49-31-35-51(36-32-49)62-45-61(77-87-73(57-27-15-5-16-28-57)82-74(88-77)58-29-17-6-18-30-58)46-63(52-37-33-50(48-79)34-38-52)68(62)89-66-41-39-59(75-83-69(53-19-7-1-8-20-53)80-70(84-75)54-21-9-2-10-22-54)43-64(66)65-44-60(40-42-67(65)89)76-85-71(55-23-11-3-12-24-55)81-72(86-76)56-25-13-4-14-26-56/h1-46H. The molecule has 0 spiro atoms. The maximum Gasteiger partial charge on any atom is 0.164 e. The lowest BCUT2D eigenvalue weighted by atomic mass is 9.91. The van der Waals surface area contributed by atoms with Gasteiger partial charge in [0.1, 0.15) is 0 Å². The van der Waals surface area contributed by atoms with E-state index in [4.69, 9.17) is 44.9 Å². The highest BCUT2D eigenvalue weighted by Gasteiger charge is 2.26. The summed E-state index contributed by atoms with van der Waals surface area (Å²) < 4.78 is 2.30. The normalized spacial score (nSPS) is 11.1. The first kappa shape index (κ1) is 53.0. The largest absolute Gasteiger partial charge is 0.308 e. The minimum Gasteiger partial charge on any atom is -0.308 e. The van der Waals surface area contributed by atoms with Gasteiger partial charge in [0.25, 0.3) is 0 Å². The maximum absolute atomic E-state index is 10.2. The molecule has 0 N–H and O–H groups in total. The number of aromatic nitrogens is 10. The van der Waals surface area contributed by atoms with Crippen molar-refractivity contribution in [2.24, 2.45) is 0 Å². The number of benzene rings is 11. The molecule has 0 fully saturated rings. The fourth-order valence-corrected chi connectivity index (χ4v) is 11.2. The summed E-state index contributed by atoms with van der Waals surface area (Å²) >= 11 is 0. The first-order valence-electron chi connectivity index (χ1n) is 28.9. The van der Waals surface area contributed by atoms with Gasteiger partial charge in [-0.15, -0.1) is 0 Å². The molecule has 12 heteroatoms. The molecule has 0 bridgehead atoms. The summed E-state index contributed by atoms with van der Waals surface area (Å²) in [5.41, 5.74) is 14.2. The highest BCUT2D eigenvalue weighted by atomic mass is 15.1. The molecular formula is C77H46N12. The molecule has 11 aromatic carbocycles. The van der Waals surface area contributed by atoms with Gasteiger partial charge in [-0.05, 0) is 83.9 Å². The maximum atomic E-state index is 10.2. The molecule has 15 rings (SSSR count). The average Bonchev–Trinajstić information content (AvgIpc) is 1.70. The quantitative estimate of drug-likeness (QED) is 0.114. The summed E-state index contributed by atoms with van der Waals surface area (Å²) in [5.74, 6) is 4.65. The molecule has 414 valence electrons. The molecule has 0 amide bonds. The summed E-state index contributed by atoms with van der Waals surface area (Å²) in [7, 11) is 0. The smallest absolute Gasteiger partial charge is 0.164 e. The molecule has 0 atom stereocenters. The Morgan fingerprint density at radius 2 is 0.461 bits per heavy atom. The highest BCUT2D eigenvalue weighted by molar-refractivity contribution is 6.13. The summed E-state index contributed by atoms with van der Waals surface area (Å²) in [5, 5.41) is 22.2. The Balaban J connectivity index is 1.04. The lowest BCUT2D eigenvalue weighted by Crippen LogP contribution is -2.04. The summed E-state index contributed by atoms with van der Waals surface area (Å²) in [6.07, 6.45) is 0. The Morgan fingerprint density at radius 1 is 0.225 bits per heavy atom. The molecule has 0 aliphatic heterocycles. The third-order valence-electron chi connectivity index (χ3n) is 15.6. The van der Waals surface area contributed by atoms with Crippen LogP contribution in [0.15, 0.2) is 279 Å². The van der Waals surface area contributed by atoms with Crippen molar-refractivity contribution in [3.8, 4) is 143 Å². The molecular weight excluding hydrogens is 1090 g/mol. The molecule has 0 radical (unpaired) electrons. The van der Waals surface area contributed by atoms with Crippen molar-refractivity contribution in [1.82, 2.24) is 49.4 Å². The van der Waals surface area contributed by atoms with Gasteiger partial charge in [-0.25, -0.2) is 44.9 Å². The van der Waals surface area contributed by atoms with E-state index in [1.54, 1.807) is 0 Å². The fraction of sp³-hybridized carbons (Fsp3) is 0. The van der Waals surface area contributed by atoms with E-state index in [0.29, 0.717) is 69.1 Å². The Labute approximate surface area is 511 Å². The summed E-state index contributed by atoms with van der Waals surface area (Å²) in [6.45, 7) is 0. The fourth-order valence-electron chi connectivity index (χ4n) is 11.2. The molecule has 89 heavy (non-hydrogen) atoms. The molecule has 0 saturated carbocycles. The van der Waals surface area contributed by atoms with Crippen LogP contribution < -0.4 is 0 Å². The Morgan fingerprint density at radius 3 is 0.719 bits per heavy atom. The first-order chi connectivity index (χ1) is 44.0. The van der Waals surface area contributed by atoms with Crippen LogP contribution in [-0.2, 0) is 0 Å². The van der Waals surface area contributed by atoms with Gasteiger partial charge in [0.05, 0.1) is 40.0 Å². The molecule has 12 nitrogen and oxygen atoms in total. The van der Waals surface area contributed by atoms with E-state index in [1.807, 2.05) is 231 Å². The topological polar surface area (TPSA) is 169 Å². The minimum absolute atomic E-state index is 0.453. The monoisotopic (exact) mass is 1140 g/mol. The van der Waals surface area contributed by atoms with Crippen molar-refractivity contribution in [3.63, 3.8) is 0 Å². The Hall–Kier alpha value is -12.8. The van der Waals surface area contributed by atoms with Crippen molar-refractivity contribution >= 4 is 21.8 Å². The predicted octanol–water partition coefficient (Wildman–Crippen LogP) is 17.4. The zero-order valence-electron chi connectivity index (χ0n) is 47.4. The van der Waals surface area contributed by atoms with E-state index < -0.39 is 0 Å². The van der Waals surface area contributed by atoms with Crippen LogP contribution in [0.2, 0.25) is 0 Å². The third kappa shape index (κ3) is 10.4. The third-order valence-corrected chi connectivity index (χ3v) is 15.6. The lowest BCUT2D eigenvalue weighted by molar-refractivity contribution is 1.07. The van der Waals surface area contributed by atoms with Gasteiger partial charge >= 0.3 is 0 Å². The van der Waals surface area contributed by atoms with Crippen molar-refractivity contribution in [2.45, 2.75) is 0 Å². The van der Waals surface area contributed by atoms with Gasteiger partial charge in [0, 0.05) is 72.0 Å². The molecule has 0 aliphatic carbocycles. The molecule has 0 unspecified atom stereocenters. The second kappa shape index (κ2) is 23.0. The molecule has 4 heterocycles. The first-order valence-corrected chi connectivity index (χ1v) is 28.9. The van der Waals surface area contributed by atoms with Crippen molar-refractivity contribution < 1.29 is 0 Å². The Bertz CT molecular complexity index is 4790. The van der Waals surface area contributed by atoms with Gasteiger partial charge in [0.15, 0.2) is 52.4 Å². The number of nitrogens with zero attached hydrogens (tertiary/aromatic N) is 12. The number of rotatable bonds is 12. The van der Waals surface area contributed by atoms with Crippen molar-refractivity contribution in [2.75, 3.05) is 0 Å². The molecule has 15 aromatic rings. The van der Waals surface area contributed by atoms with E-state index in [0.717, 1.165) is 94.3 Å². The van der Waals surface area contributed by atoms with Gasteiger partial charge in [-0.1, -0.05) is 206 Å². The van der Waals surface area contributed by atoms with Crippen LogP contribution in [0.1, 0.15) is 11.1 Å². The second-order valence-corrected chi connectivity index (χ2v) is 21.2. The van der Waals surface area contributed by atoms with Crippen LogP contribution in [0.3, 0.4) is 0 Å². The van der Waals surface area contributed by atoms with Gasteiger partial charge < -0.3 is 4.57 Å². The van der Waals surface area contributed by atoms with E-state index >= 15 is 0 Å². The van der Waals surface area contributed by atoms with E-state index in [1.165, 1.54) is 0 Å². The van der Waals surface area contributed by atoms with Crippen LogP contribution in [0.4, 0.5) is 0 Å². The van der Waals surface area contributed by atoms with Crippen LogP contribution in [0.25, 0.3) is 152 Å².